The Morgan fingerprint density at radius 2 is 2.06 bits per heavy atom. The Labute approximate surface area is 98.1 Å². The standard InChI is InChI=1S/C11H15NO5/c13-4-3-8(11(16)12-17)5-7-1-2-9(14)6-10(7)15/h1-2,6,8,13-15,17H,3-5H2,(H,12,16). The average molecular weight is 241 g/mol. The second-order valence-corrected chi connectivity index (χ2v) is 3.70. The highest BCUT2D eigenvalue weighted by molar-refractivity contribution is 5.77. The zero-order valence-corrected chi connectivity index (χ0v) is 9.13. The Bertz CT molecular complexity index is 393. The zero-order chi connectivity index (χ0) is 12.8. The van der Waals surface area contributed by atoms with Gasteiger partial charge < -0.3 is 15.3 Å². The zero-order valence-electron chi connectivity index (χ0n) is 9.13. The van der Waals surface area contributed by atoms with Crippen LogP contribution in [0.3, 0.4) is 0 Å². The lowest BCUT2D eigenvalue weighted by Gasteiger charge is -2.14. The van der Waals surface area contributed by atoms with Crippen LogP contribution in [0.25, 0.3) is 0 Å². The number of carbonyl (C=O) groups excluding carboxylic acids is 1. The highest BCUT2D eigenvalue weighted by Gasteiger charge is 2.19. The fraction of sp³-hybridized carbons (Fsp3) is 0.364. The minimum Gasteiger partial charge on any atom is -0.508 e. The van der Waals surface area contributed by atoms with Gasteiger partial charge in [-0.05, 0) is 24.5 Å². The van der Waals surface area contributed by atoms with Crippen LogP contribution in [0, 0.1) is 5.92 Å². The molecule has 0 bridgehead atoms. The van der Waals surface area contributed by atoms with E-state index in [1.54, 1.807) is 0 Å². The monoisotopic (exact) mass is 241 g/mol. The van der Waals surface area contributed by atoms with Gasteiger partial charge in [-0.3, -0.25) is 10.0 Å². The van der Waals surface area contributed by atoms with Crippen molar-refractivity contribution in [3.8, 4) is 11.5 Å². The lowest BCUT2D eigenvalue weighted by Crippen LogP contribution is -2.30. The first-order valence-electron chi connectivity index (χ1n) is 5.14. The first kappa shape index (κ1) is 13.3. The second kappa shape index (κ2) is 6.07. The number of hydrogen-bond acceptors (Lipinski definition) is 5. The lowest BCUT2D eigenvalue weighted by molar-refractivity contribution is -0.133. The highest BCUT2D eigenvalue weighted by Crippen LogP contribution is 2.25. The number of benzene rings is 1. The van der Waals surface area contributed by atoms with E-state index in [4.69, 9.17) is 15.4 Å². The molecule has 5 N–H and O–H groups in total. The summed E-state index contributed by atoms with van der Waals surface area (Å²) in [5, 5.41) is 36.0. The number of amides is 1. The summed E-state index contributed by atoms with van der Waals surface area (Å²) in [6.45, 7) is -0.197. The van der Waals surface area contributed by atoms with Crippen LogP contribution in [0.5, 0.6) is 11.5 Å². The van der Waals surface area contributed by atoms with Crippen molar-refractivity contribution in [2.24, 2.45) is 5.92 Å². The quantitative estimate of drug-likeness (QED) is 0.372. The first-order chi connectivity index (χ1) is 8.08. The Hall–Kier alpha value is -1.79. The summed E-state index contributed by atoms with van der Waals surface area (Å²) in [5.41, 5.74) is 1.98. The van der Waals surface area contributed by atoms with Gasteiger partial charge in [0.1, 0.15) is 11.5 Å². The highest BCUT2D eigenvalue weighted by atomic mass is 16.5. The van der Waals surface area contributed by atoms with E-state index in [2.05, 4.69) is 0 Å². The van der Waals surface area contributed by atoms with Gasteiger partial charge in [-0.25, -0.2) is 5.48 Å². The number of carbonyl (C=O) groups is 1. The van der Waals surface area contributed by atoms with Crippen LogP contribution in [-0.2, 0) is 11.2 Å². The van der Waals surface area contributed by atoms with Gasteiger partial charge in [0.25, 0.3) is 0 Å². The van der Waals surface area contributed by atoms with E-state index in [1.807, 2.05) is 0 Å². The van der Waals surface area contributed by atoms with Crippen molar-refractivity contribution >= 4 is 5.91 Å². The molecule has 0 heterocycles. The van der Waals surface area contributed by atoms with E-state index in [9.17, 15) is 9.90 Å². The van der Waals surface area contributed by atoms with Gasteiger partial charge >= 0.3 is 0 Å². The Balaban J connectivity index is 2.82. The fourth-order valence-corrected chi connectivity index (χ4v) is 1.56. The van der Waals surface area contributed by atoms with E-state index >= 15 is 0 Å². The number of rotatable bonds is 5. The van der Waals surface area contributed by atoms with Crippen molar-refractivity contribution < 1.29 is 25.3 Å². The summed E-state index contributed by atoms with van der Waals surface area (Å²) in [5.74, 6) is -1.46. The molecule has 0 fully saturated rings. The number of hydroxylamine groups is 1. The second-order valence-electron chi connectivity index (χ2n) is 3.70. The molecule has 1 amide bonds. The number of phenols is 2. The molecule has 0 aliphatic heterocycles. The number of nitrogens with one attached hydrogen (secondary N) is 1. The Kier molecular flexibility index (Phi) is 4.74. The maximum atomic E-state index is 11.3. The van der Waals surface area contributed by atoms with E-state index < -0.39 is 11.8 Å². The number of aliphatic hydroxyl groups is 1. The fourth-order valence-electron chi connectivity index (χ4n) is 1.56. The Morgan fingerprint density at radius 3 is 2.59 bits per heavy atom. The van der Waals surface area contributed by atoms with Crippen molar-refractivity contribution in [3.05, 3.63) is 23.8 Å². The van der Waals surface area contributed by atoms with E-state index in [0.29, 0.717) is 5.56 Å². The van der Waals surface area contributed by atoms with Crippen molar-refractivity contribution in [2.45, 2.75) is 12.8 Å². The van der Waals surface area contributed by atoms with Crippen LogP contribution in [0.2, 0.25) is 0 Å². The third-order valence-electron chi connectivity index (χ3n) is 2.49. The van der Waals surface area contributed by atoms with Gasteiger partial charge in [0.05, 0.1) is 0 Å². The molecule has 0 saturated heterocycles. The number of aliphatic hydroxyl groups excluding tert-OH is 1. The van der Waals surface area contributed by atoms with Gasteiger partial charge in [0, 0.05) is 18.6 Å². The van der Waals surface area contributed by atoms with E-state index in [-0.39, 0.29) is 30.9 Å². The normalized spacial score (nSPS) is 12.1. The van der Waals surface area contributed by atoms with Crippen molar-refractivity contribution in [1.29, 1.82) is 0 Å². The molecule has 1 atom stereocenters. The molecule has 1 rings (SSSR count). The summed E-state index contributed by atoms with van der Waals surface area (Å²) in [4.78, 5) is 11.3. The van der Waals surface area contributed by atoms with Crippen molar-refractivity contribution in [3.63, 3.8) is 0 Å². The summed E-state index contributed by atoms with van der Waals surface area (Å²) in [6.07, 6.45) is 0.339. The summed E-state index contributed by atoms with van der Waals surface area (Å²) >= 11 is 0. The van der Waals surface area contributed by atoms with E-state index in [0.717, 1.165) is 0 Å². The smallest absolute Gasteiger partial charge is 0.246 e. The summed E-state index contributed by atoms with van der Waals surface area (Å²) in [7, 11) is 0. The minimum atomic E-state index is -0.638. The largest absolute Gasteiger partial charge is 0.508 e. The van der Waals surface area contributed by atoms with Gasteiger partial charge in [0.2, 0.25) is 5.91 Å². The summed E-state index contributed by atoms with van der Waals surface area (Å²) < 4.78 is 0. The third kappa shape index (κ3) is 3.61. The first-order valence-corrected chi connectivity index (χ1v) is 5.14. The van der Waals surface area contributed by atoms with Gasteiger partial charge in [-0.15, -0.1) is 0 Å². The van der Waals surface area contributed by atoms with Gasteiger partial charge in [0.15, 0.2) is 0 Å². The Morgan fingerprint density at radius 1 is 1.35 bits per heavy atom. The maximum Gasteiger partial charge on any atom is 0.246 e. The molecule has 94 valence electrons. The van der Waals surface area contributed by atoms with Gasteiger partial charge in [-0.1, -0.05) is 6.07 Å². The average Bonchev–Trinajstić information content (AvgIpc) is 2.30. The molecular weight excluding hydrogens is 226 g/mol. The maximum absolute atomic E-state index is 11.3. The number of hydrogen-bond donors (Lipinski definition) is 5. The van der Waals surface area contributed by atoms with Crippen LogP contribution in [-0.4, -0.2) is 33.0 Å². The van der Waals surface area contributed by atoms with E-state index in [1.165, 1.54) is 23.7 Å². The van der Waals surface area contributed by atoms with Crippen LogP contribution in [0.1, 0.15) is 12.0 Å². The molecule has 1 unspecified atom stereocenters. The molecule has 6 heteroatoms. The van der Waals surface area contributed by atoms with Crippen LogP contribution in [0.15, 0.2) is 18.2 Å². The molecule has 0 aromatic heterocycles. The predicted molar refractivity (Wildman–Crippen MR) is 58.6 cm³/mol. The van der Waals surface area contributed by atoms with Crippen molar-refractivity contribution in [2.75, 3.05) is 6.61 Å². The molecule has 1 aromatic rings. The molecule has 0 aliphatic carbocycles. The number of phenolic OH excluding ortho intramolecular Hbond substituents is 2. The minimum absolute atomic E-state index is 0.0726. The van der Waals surface area contributed by atoms with Crippen LogP contribution >= 0.6 is 0 Å². The van der Waals surface area contributed by atoms with Gasteiger partial charge in [-0.2, -0.15) is 0 Å². The van der Waals surface area contributed by atoms with Crippen LogP contribution < -0.4 is 5.48 Å². The van der Waals surface area contributed by atoms with Crippen molar-refractivity contribution in [1.82, 2.24) is 5.48 Å². The molecule has 0 aliphatic rings. The topological polar surface area (TPSA) is 110 Å². The summed E-state index contributed by atoms with van der Waals surface area (Å²) in [6, 6.07) is 4.05. The molecular formula is C11H15NO5. The predicted octanol–water partition coefficient (Wildman–Crippen LogP) is 0.144. The third-order valence-corrected chi connectivity index (χ3v) is 2.49. The number of aromatic hydroxyl groups is 2. The molecule has 0 spiro atoms. The lowest BCUT2D eigenvalue weighted by atomic mass is 9.95. The molecule has 0 radical (unpaired) electrons. The molecule has 0 saturated carbocycles. The molecule has 6 nitrogen and oxygen atoms in total. The van der Waals surface area contributed by atoms with Crippen LogP contribution in [0.4, 0.5) is 0 Å². The molecule has 17 heavy (non-hydrogen) atoms. The SMILES string of the molecule is O=C(NO)C(CCO)Cc1ccc(O)cc1O. The molecule has 1 aromatic carbocycles.